The lowest BCUT2D eigenvalue weighted by Crippen LogP contribution is -2.54. The predicted molar refractivity (Wildman–Crippen MR) is 166 cm³/mol. The number of aromatic nitrogens is 4. The zero-order chi connectivity index (χ0) is 32.1. The zero-order valence-corrected chi connectivity index (χ0v) is 26.0. The van der Waals surface area contributed by atoms with Crippen LogP contribution in [0, 0.1) is 5.82 Å². The van der Waals surface area contributed by atoms with Crippen molar-refractivity contribution in [2.24, 2.45) is 0 Å². The van der Waals surface area contributed by atoms with Crippen LogP contribution in [-0.4, -0.2) is 75.8 Å². The highest BCUT2D eigenvalue weighted by Gasteiger charge is 2.32. The maximum atomic E-state index is 15.1. The average Bonchev–Trinajstić information content (AvgIpc) is 2.96. The number of anilines is 1. The number of rotatable bonds is 6. The minimum absolute atomic E-state index is 0.0352. The Morgan fingerprint density at radius 1 is 1.23 bits per heavy atom. The standard InChI is InChI=1S/C30H30ClFN6O5S/c1-6-23(40)36-12-13-37(17(4)15-36)27-19-14-20(31)25(24-21(32)8-7-9-22(24)39)34-28(19)38(30(41)35-27)26-18(16(2)3)10-11-33-29(26)44(5,42)43/h6-11,14,16-17,39H,1,12-13,15H2,2-5H3/t17-/m0/s1. The van der Waals surface area contributed by atoms with Crippen LogP contribution in [0.1, 0.15) is 32.3 Å². The van der Waals surface area contributed by atoms with Crippen LogP contribution in [-0.2, 0) is 14.6 Å². The summed E-state index contributed by atoms with van der Waals surface area (Å²) in [4.78, 5) is 43.0. The van der Waals surface area contributed by atoms with Crippen molar-refractivity contribution in [3.63, 3.8) is 0 Å². The molecule has 1 N–H and O–H groups in total. The van der Waals surface area contributed by atoms with Crippen LogP contribution in [0.15, 0.2) is 59.0 Å². The molecule has 1 saturated heterocycles. The molecule has 0 spiro atoms. The van der Waals surface area contributed by atoms with E-state index in [0.717, 1.165) is 16.9 Å². The molecule has 1 atom stereocenters. The fourth-order valence-corrected chi connectivity index (χ4v) is 6.52. The van der Waals surface area contributed by atoms with Crippen molar-refractivity contribution in [3.8, 4) is 22.7 Å². The molecular formula is C30H30ClFN6O5S. The second-order valence-electron chi connectivity index (χ2n) is 10.9. The second kappa shape index (κ2) is 11.6. The first-order valence-electron chi connectivity index (χ1n) is 13.7. The fraction of sp³-hybridized carbons (Fsp3) is 0.300. The quantitative estimate of drug-likeness (QED) is 0.309. The molecule has 3 aromatic heterocycles. The third-order valence-electron chi connectivity index (χ3n) is 7.53. The number of aromatic hydroxyl groups is 1. The van der Waals surface area contributed by atoms with E-state index in [2.05, 4.69) is 21.5 Å². The van der Waals surface area contributed by atoms with E-state index in [9.17, 15) is 23.1 Å². The summed E-state index contributed by atoms with van der Waals surface area (Å²) in [5, 5.41) is 10.4. The van der Waals surface area contributed by atoms with Gasteiger partial charge >= 0.3 is 5.69 Å². The van der Waals surface area contributed by atoms with Gasteiger partial charge in [0.05, 0.1) is 27.4 Å². The van der Waals surface area contributed by atoms with Gasteiger partial charge in [-0.3, -0.25) is 4.79 Å². The molecule has 0 bridgehead atoms. The van der Waals surface area contributed by atoms with E-state index in [1.54, 1.807) is 11.0 Å². The smallest absolute Gasteiger partial charge is 0.355 e. The highest BCUT2D eigenvalue weighted by Crippen LogP contribution is 2.39. The van der Waals surface area contributed by atoms with Gasteiger partial charge in [-0.1, -0.05) is 38.1 Å². The number of carbonyl (C=O) groups excluding carboxylic acids is 1. The number of benzene rings is 1. The molecule has 11 nitrogen and oxygen atoms in total. The number of sulfone groups is 1. The number of hydrogen-bond donors (Lipinski definition) is 1. The SMILES string of the molecule is C=CC(=O)N1CCN(c2nc(=O)n(-c3c(C(C)C)ccnc3S(C)(=O)=O)c3nc(-c4c(O)cccc4F)c(Cl)cc23)[C@@H](C)C1. The second-order valence-corrected chi connectivity index (χ2v) is 13.2. The third kappa shape index (κ3) is 5.41. The fourth-order valence-electron chi connectivity index (χ4n) is 5.46. The molecule has 4 heterocycles. The van der Waals surface area contributed by atoms with Gasteiger partial charge in [-0.15, -0.1) is 0 Å². The number of phenols is 1. The Labute approximate surface area is 258 Å². The molecule has 1 fully saturated rings. The zero-order valence-electron chi connectivity index (χ0n) is 24.5. The summed E-state index contributed by atoms with van der Waals surface area (Å²) in [6.07, 6.45) is 3.57. The van der Waals surface area contributed by atoms with Gasteiger partial charge in [0.25, 0.3) is 0 Å². The lowest BCUT2D eigenvalue weighted by atomic mass is 10.0. The lowest BCUT2D eigenvalue weighted by molar-refractivity contribution is -0.126. The molecular weight excluding hydrogens is 611 g/mol. The molecule has 0 saturated carbocycles. The Morgan fingerprint density at radius 3 is 2.57 bits per heavy atom. The molecule has 0 radical (unpaired) electrons. The summed E-state index contributed by atoms with van der Waals surface area (Å²) in [5.74, 6) is -1.52. The number of nitrogens with zero attached hydrogens (tertiary/aromatic N) is 6. The summed E-state index contributed by atoms with van der Waals surface area (Å²) in [7, 11) is -3.97. The van der Waals surface area contributed by atoms with Crippen LogP contribution in [0.3, 0.4) is 0 Å². The number of piperazine rings is 1. The normalized spacial score (nSPS) is 15.7. The molecule has 4 aromatic rings. The first kappa shape index (κ1) is 31.1. The van der Waals surface area contributed by atoms with Gasteiger partial charge in [0.2, 0.25) is 5.91 Å². The third-order valence-corrected chi connectivity index (χ3v) is 8.82. The van der Waals surface area contributed by atoms with Crippen molar-refractivity contribution in [3.05, 3.63) is 76.1 Å². The highest BCUT2D eigenvalue weighted by atomic mass is 35.5. The van der Waals surface area contributed by atoms with Gasteiger partial charge in [0.15, 0.2) is 20.5 Å². The molecule has 1 amide bonds. The largest absolute Gasteiger partial charge is 0.507 e. The Balaban J connectivity index is 1.90. The molecule has 1 aromatic carbocycles. The van der Waals surface area contributed by atoms with Crippen LogP contribution in [0.5, 0.6) is 5.75 Å². The predicted octanol–water partition coefficient (Wildman–Crippen LogP) is 4.09. The molecule has 1 aliphatic rings. The van der Waals surface area contributed by atoms with E-state index in [-0.39, 0.29) is 61.7 Å². The van der Waals surface area contributed by atoms with Crippen molar-refractivity contribution in [1.82, 2.24) is 24.4 Å². The van der Waals surface area contributed by atoms with Crippen LogP contribution in [0.2, 0.25) is 5.02 Å². The molecule has 1 aliphatic heterocycles. The van der Waals surface area contributed by atoms with E-state index in [1.165, 1.54) is 30.5 Å². The van der Waals surface area contributed by atoms with E-state index < -0.39 is 27.1 Å². The Morgan fingerprint density at radius 2 is 1.95 bits per heavy atom. The van der Waals surface area contributed by atoms with E-state index in [1.807, 2.05) is 25.7 Å². The van der Waals surface area contributed by atoms with Gasteiger partial charge in [0, 0.05) is 38.1 Å². The summed E-state index contributed by atoms with van der Waals surface area (Å²) >= 11 is 6.69. The number of pyridine rings is 2. The van der Waals surface area contributed by atoms with Crippen LogP contribution < -0.4 is 10.6 Å². The van der Waals surface area contributed by atoms with Crippen LogP contribution >= 0.6 is 11.6 Å². The molecule has 5 rings (SSSR count). The Bertz CT molecular complexity index is 1980. The van der Waals surface area contributed by atoms with Crippen molar-refractivity contribution < 1.29 is 22.7 Å². The number of halogens is 2. The first-order valence-corrected chi connectivity index (χ1v) is 16.0. The summed E-state index contributed by atoms with van der Waals surface area (Å²) in [6, 6.07) is 6.50. The molecule has 0 unspecified atom stereocenters. The van der Waals surface area contributed by atoms with Crippen LogP contribution in [0.4, 0.5) is 10.2 Å². The molecule has 230 valence electrons. The lowest BCUT2D eigenvalue weighted by Gasteiger charge is -2.40. The molecule has 44 heavy (non-hydrogen) atoms. The number of carbonyl (C=O) groups is 1. The van der Waals surface area contributed by atoms with E-state index >= 15 is 4.39 Å². The van der Waals surface area contributed by atoms with Gasteiger partial charge in [-0.25, -0.2) is 32.1 Å². The Kier molecular flexibility index (Phi) is 8.21. The summed E-state index contributed by atoms with van der Waals surface area (Å²) in [5.41, 5.74) is -0.936. The topological polar surface area (TPSA) is 139 Å². The van der Waals surface area contributed by atoms with Crippen LogP contribution in [0.25, 0.3) is 28.0 Å². The van der Waals surface area contributed by atoms with Crippen molar-refractivity contribution in [2.45, 2.75) is 37.8 Å². The molecule has 0 aliphatic carbocycles. The maximum Gasteiger partial charge on any atom is 0.355 e. The van der Waals surface area contributed by atoms with Crippen molar-refractivity contribution >= 4 is 44.2 Å². The number of amides is 1. The number of phenolic OH excluding ortho intramolecular Hbond substituents is 1. The monoisotopic (exact) mass is 640 g/mol. The Hall–Kier alpha value is -4.36. The van der Waals surface area contributed by atoms with Gasteiger partial charge in [-0.2, -0.15) is 4.98 Å². The number of hydrogen-bond acceptors (Lipinski definition) is 9. The van der Waals surface area contributed by atoms with Gasteiger partial charge in [0.1, 0.15) is 17.4 Å². The van der Waals surface area contributed by atoms with Crippen molar-refractivity contribution in [2.75, 3.05) is 30.8 Å². The minimum Gasteiger partial charge on any atom is -0.507 e. The highest BCUT2D eigenvalue weighted by molar-refractivity contribution is 7.90. The van der Waals surface area contributed by atoms with Gasteiger partial charge in [-0.05, 0) is 48.7 Å². The summed E-state index contributed by atoms with van der Waals surface area (Å²) < 4.78 is 42.1. The first-order chi connectivity index (χ1) is 20.7. The molecule has 14 heteroatoms. The number of fused-ring (bicyclic) bond motifs is 1. The average molecular weight is 641 g/mol. The van der Waals surface area contributed by atoms with Crippen molar-refractivity contribution in [1.29, 1.82) is 0 Å². The minimum atomic E-state index is -3.97. The summed E-state index contributed by atoms with van der Waals surface area (Å²) in [6.45, 7) is 10.0. The van der Waals surface area contributed by atoms with E-state index in [0.29, 0.717) is 25.2 Å². The van der Waals surface area contributed by atoms with E-state index in [4.69, 9.17) is 11.6 Å². The van der Waals surface area contributed by atoms with Gasteiger partial charge < -0.3 is 14.9 Å². The maximum absolute atomic E-state index is 15.1.